The zero-order valence-corrected chi connectivity index (χ0v) is 13.1. The van der Waals surface area contributed by atoms with E-state index in [9.17, 15) is 14.3 Å². The van der Waals surface area contributed by atoms with E-state index in [4.69, 9.17) is 0 Å². The molecule has 1 amide bonds. The van der Waals surface area contributed by atoms with Crippen LogP contribution < -0.4 is 5.32 Å². The van der Waals surface area contributed by atoms with Crippen molar-refractivity contribution < 1.29 is 14.3 Å². The lowest BCUT2D eigenvalue weighted by atomic mass is 10.2. The maximum Gasteiger partial charge on any atom is 0.241 e. The minimum Gasteiger partial charge on any atom is -0.395 e. The molecule has 0 radical (unpaired) electrons. The molecule has 1 heterocycles. The maximum atomic E-state index is 13.1. The molecule has 2 atom stereocenters. The van der Waals surface area contributed by atoms with Gasteiger partial charge in [0.15, 0.2) is 0 Å². The van der Waals surface area contributed by atoms with Crippen LogP contribution in [0.2, 0.25) is 0 Å². The number of amides is 1. The number of piperazine rings is 1. The van der Waals surface area contributed by atoms with E-state index in [2.05, 4.69) is 15.1 Å². The summed E-state index contributed by atoms with van der Waals surface area (Å²) in [5, 5.41) is 11.9. The van der Waals surface area contributed by atoms with Gasteiger partial charge in [0.1, 0.15) is 5.82 Å². The number of carbonyl (C=O) groups excluding carboxylic acids is 1. The lowest BCUT2D eigenvalue weighted by molar-refractivity contribution is -0.121. The van der Waals surface area contributed by atoms with Crippen molar-refractivity contribution in [3.63, 3.8) is 0 Å². The molecule has 0 aromatic heterocycles. The zero-order chi connectivity index (χ0) is 16.1. The predicted molar refractivity (Wildman–Crippen MR) is 84.2 cm³/mol. The highest BCUT2D eigenvalue weighted by atomic mass is 19.1. The first-order chi connectivity index (χ1) is 10.5. The molecule has 22 heavy (non-hydrogen) atoms. The first-order valence-corrected chi connectivity index (χ1v) is 7.66. The fraction of sp³-hybridized carbons (Fsp3) is 0.562. The highest BCUT2D eigenvalue weighted by Gasteiger charge is 2.27. The zero-order valence-electron chi connectivity index (χ0n) is 13.1. The number of nitrogens with zero attached hydrogens (tertiary/aromatic N) is 2. The Labute approximate surface area is 130 Å². The van der Waals surface area contributed by atoms with Gasteiger partial charge in [-0.05, 0) is 32.0 Å². The van der Waals surface area contributed by atoms with Crippen LogP contribution in [0.25, 0.3) is 0 Å². The molecule has 1 aliphatic heterocycles. The van der Waals surface area contributed by atoms with Crippen molar-refractivity contribution in [2.24, 2.45) is 0 Å². The van der Waals surface area contributed by atoms with Crippen LogP contribution >= 0.6 is 0 Å². The highest BCUT2D eigenvalue weighted by molar-refractivity contribution is 5.94. The molecule has 1 saturated heterocycles. The Bertz CT molecular complexity index is 504. The first-order valence-electron chi connectivity index (χ1n) is 7.66. The Morgan fingerprint density at radius 3 is 2.50 bits per heavy atom. The fourth-order valence-corrected chi connectivity index (χ4v) is 2.66. The lowest BCUT2D eigenvalue weighted by Gasteiger charge is -2.39. The predicted octanol–water partition coefficient (Wildman–Crippen LogP) is 1.15. The van der Waals surface area contributed by atoms with Crippen molar-refractivity contribution in [3.05, 3.63) is 30.1 Å². The Balaban J connectivity index is 1.86. The van der Waals surface area contributed by atoms with Crippen molar-refractivity contribution in [2.75, 3.05) is 38.1 Å². The second-order valence-corrected chi connectivity index (χ2v) is 5.78. The summed E-state index contributed by atoms with van der Waals surface area (Å²) in [6.45, 7) is 7.23. The van der Waals surface area contributed by atoms with Crippen molar-refractivity contribution in [1.82, 2.24) is 9.80 Å². The summed E-state index contributed by atoms with van der Waals surface area (Å²) in [5.74, 6) is -0.494. The van der Waals surface area contributed by atoms with E-state index in [0.717, 1.165) is 26.2 Å². The molecular formula is C16H24FN3O2. The van der Waals surface area contributed by atoms with Crippen LogP contribution in [0.4, 0.5) is 10.1 Å². The smallest absolute Gasteiger partial charge is 0.241 e. The lowest BCUT2D eigenvalue weighted by Crippen LogP contribution is -2.55. The molecule has 2 rings (SSSR count). The van der Waals surface area contributed by atoms with Crippen LogP contribution in [-0.4, -0.2) is 65.7 Å². The van der Waals surface area contributed by atoms with Gasteiger partial charge in [-0.3, -0.25) is 14.6 Å². The standard InChI is InChI=1S/C16H24FN3O2/c1-12(11-21)19-6-8-20(9-7-19)13(2)16(22)18-15-5-3-4-14(17)10-15/h3-5,10,12-13,21H,6-9,11H2,1-2H3,(H,18,22)/t12-,13-/m0/s1. The van der Waals surface area contributed by atoms with Gasteiger partial charge in [0.2, 0.25) is 5.91 Å². The molecule has 0 bridgehead atoms. The number of hydrogen-bond acceptors (Lipinski definition) is 4. The molecule has 0 saturated carbocycles. The van der Waals surface area contributed by atoms with Crippen molar-refractivity contribution in [2.45, 2.75) is 25.9 Å². The summed E-state index contributed by atoms with van der Waals surface area (Å²) < 4.78 is 13.1. The summed E-state index contributed by atoms with van der Waals surface area (Å²) >= 11 is 0. The monoisotopic (exact) mass is 309 g/mol. The van der Waals surface area contributed by atoms with Gasteiger partial charge < -0.3 is 10.4 Å². The van der Waals surface area contributed by atoms with Crippen molar-refractivity contribution in [3.8, 4) is 0 Å². The largest absolute Gasteiger partial charge is 0.395 e. The topological polar surface area (TPSA) is 55.8 Å². The van der Waals surface area contributed by atoms with Gasteiger partial charge in [0, 0.05) is 37.9 Å². The third kappa shape index (κ3) is 4.25. The van der Waals surface area contributed by atoms with Gasteiger partial charge in [-0.1, -0.05) is 6.07 Å². The Morgan fingerprint density at radius 1 is 1.27 bits per heavy atom. The number of aliphatic hydroxyl groups excluding tert-OH is 1. The molecule has 0 unspecified atom stereocenters. The van der Waals surface area contributed by atoms with E-state index in [1.165, 1.54) is 12.1 Å². The summed E-state index contributed by atoms with van der Waals surface area (Å²) in [6.07, 6.45) is 0. The molecular weight excluding hydrogens is 285 g/mol. The number of halogens is 1. The number of nitrogens with one attached hydrogen (secondary N) is 1. The highest BCUT2D eigenvalue weighted by Crippen LogP contribution is 2.13. The second-order valence-electron chi connectivity index (χ2n) is 5.78. The summed E-state index contributed by atoms with van der Waals surface area (Å²) in [6, 6.07) is 5.79. The van der Waals surface area contributed by atoms with E-state index >= 15 is 0 Å². The van der Waals surface area contributed by atoms with Crippen molar-refractivity contribution >= 4 is 11.6 Å². The number of aliphatic hydroxyl groups is 1. The van der Waals surface area contributed by atoms with Gasteiger partial charge in [-0.25, -0.2) is 4.39 Å². The van der Waals surface area contributed by atoms with Crippen LogP contribution in [0.15, 0.2) is 24.3 Å². The Morgan fingerprint density at radius 2 is 1.91 bits per heavy atom. The van der Waals surface area contributed by atoms with Crippen molar-refractivity contribution in [1.29, 1.82) is 0 Å². The van der Waals surface area contributed by atoms with E-state index < -0.39 is 0 Å². The average Bonchev–Trinajstić information content (AvgIpc) is 2.53. The van der Waals surface area contributed by atoms with Crippen LogP contribution in [-0.2, 0) is 4.79 Å². The maximum absolute atomic E-state index is 13.1. The number of benzene rings is 1. The SMILES string of the molecule is C[C@@H](CO)N1CCN([C@@H](C)C(=O)Nc2cccc(F)c2)CC1. The van der Waals surface area contributed by atoms with Crippen LogP contribution in [0.1, 0.15) is 13.8 Å². The number of carbonyl (C=O) groups is 1. The normalized spacial score (nSPS) is 19.6. The molecule has 2 N–H and O–H groups in total. The molecule has 122 valence electrons. The van der Waals surface area contributed by atoms with Gasteiger partial charge in [-0.2, -0.15) is 0 Å². The van der Waals surface area contributed by atoms with Crippen LogP contribution in [0.3, 0.4) is 0 Å². The van der Waals surface area contributed by atoms with Crippen LogP contribution in [0, 0.1) is 5.82 Å². The third-order valence-corrected chi connectivity index (χ3v) is 4.26. The fourth-order valence-electron chi connectivity index (χ4n) is 2.66. The van der Waals surface area contributed by atoms with Gasteiger partial charge in [0.05, 0.1) is 12.6 Å². The number of hydrogen-bond donors (Lipinski definition) is 2. The average molecular weight is 309 g/mol. The summed E-state index contributed by atoms with van der Waals surface area (Å²) in [4.78, 5) is 16.6. The van der Waals surface area contributed by atoms with Crippen LogP contribution in [0.5, 0.6) is 0 Å². The van der Waals surface area contributed by atoms with Gasteiger partial charge in [-0.15, -0.1) is 0 Å². The molecule has 1 aromatic rings. The molecule has 1 fully saturated rings. The molecule has 0 spiro atoms. The molecule has 6 heteroatoms. The first kappa shape index (κ1) is 16.9. The Kier molecular flexibility index (Phi) is 5.88. The molecule has 1 aliphatic rings. The van der Waals surface area contributed by atoms with E-state index in [-0.39, 0.29) is 30.4 Å². The van der Waals surface area contributed by atoms with Gasteiger partial charge in [0.25, 0.3) is 0 Å². The van der Waals surface area contributed by atoms with Gasteiger partial charge >= 0.3 is 0 Å². The molecule has 1 aromatic carbocycles. The molecule has 0 aliphatic carbocycles. The number of anilines is 1. The summed E-state index contributed by atoms with van der Waals surface area (Å²) in [5.41, 5.74) is 0.476. The minimum atomic E-state index is -0.364. The minimum absolute atomic E-state index is 0.130. The van der Waals surface area contributed by atoms with E-state index in [1.54, 1.807) is 12.1 Å². The quantitative estimate of drug-likeness (QED) is 0.857. The van der Waals surface area contributed by atoms with E-state index in [1.807, 2.05) is 13.8 Å². The summed E-state index contributed by atoms with van der Waals surface area (Å²) in [7, 11) is 0. The Hall–Kier alpha value is -1.50. The molecule has 5 nitrogen and oxygen atoms in total. The number of rotatable bonds is 5. The third-order valence-electron chi connectivity index (χ3n) is 4.26. The van der Waals surface area contributed by atoms with E-state index in [0.29, 0.717) is 5.69 Å². The second kappa shape index (κ2) is 7.67.